The van der Waals surface area contributed by atoms with E-state index in [1.807, 2.05) is 0 Å². The Balaban J connectivity index is 2.39. The molecular formula is C14H13F4NO4. The summed E-state index contributed by atoms with van der Waals surface area (Å²) in [5.74, 6) is -3.23. The first-order valence-corrected chi connectivity index (χ1v) is 6.70. The van der Waals surface area contributed by atoms with Crippen molar-refractivity contribution in [2.75, 3.05) is 6.54 Å². The number of rotatable bonds is 2. The lowest BCUT2D eigenvalue weighted by atomic mass is 9.87. The summed E-state index contributed by atoms with van der Waals surface area (Å²) < 4.78 is 51.8. The molecule has 2 atom stereocenters. The van der Waals surface area contributed by atoms with Crippen LogP contribution in [-0.4, -0.2) is 33.7 Å². The van der Waals surface area contributed by atoms with Crippen LogP contribution in [0.2, 0.25) is 0 Å². The largest absolute Gasteiger partial charge is 0.481 e. The quantitative estimate of drug-likeness (QED) is 0.813. The predicted molar refractivity (Wildman–Crippen MR) is 69.2 cm³/mol. The summed E-state index contributed by atoms with van der Waals surface area (Å²) in [4.78, 5) is 23.2. The number of aliphatic carboxylic acids is 1. The van der Waals surface area contributed by atoms with Gasteiger partial charge in [0, 0.05) is 12.1 Å². The van der Waals surface area contributed by atoms with Gasteiger partial charge in [-0.3, -0.25) is 4.79 Å². The smallest absolute Gasteiger partial charge is 0.416 e. The second kappa shape index (κ2) is 6.05. The van der Waals surface area contributed by atoms with Gasteiger partial charge >= 0.3 is 18.2 Å². The van der Waals surface area contributed by atoms with Gasteiger partial charge in [-0.05, 0) is 25.0 Å². The first-order valence-electron chi connectivity index (χ1n) is 6.70. The van der Waals surface area contributed by atoms with Crippen molar-refractivity contribution in [3.05, 3.63) is 35.1 Å². The average molecular weight is 335 g/mol. The molecule has 0 saturated carbocycles. The molecule has 0 radical (unpaired) electrons. The molecule has 0 aromatic heterocycles. The summed E-state index contributed by atoms with van der Waals surface area (Å²) in [6, 6.07) is 0.676. The summed E-state index contributed by atoms with van der Waals surface area (Å²) in [5, 5.41) is 18.2. The molecule has 2 rings (SSSR count). The highest BCUT2D eigenvalue weighted by molar-refractivity contribution is 5.71. The van der Waals surface area contributed by atoms with E-state index < -0.39 is 41.6 Å². The predicted octanol–water partition coefficient (Wildman–Crippen LogP) is 3.36. The summed E-state index contributed by atoms with van der Waals surface area (Å²) in [6.07, 6.45) is -6.22. The van der Waals surface area contributed by atoms with Crippen molar-refractivity contribution in [3.63, 3.8) is 0 Å². The third kappa shape index (κ3) is 3.54. The van der Waals surface area contributed by atoms with Crippen LogP contribution in [0.25, 0.3) is 0 Å². The molecule has 1 heterocycles. The average Bonchev–Trinajstić information content (AvgIpc) is 2.45. The molecule has 0 aliphatic carbocycles. The van der Waals surface area contributed by atoms with Gasteiger partial charge in [0.05, 0.1) is 17.5 Å². The number of carboxylic acids is 1. The van der Waals surface area contributed by atoms with E-state index in [0.717, 1.165) is 11.0 Å². The molecule has 5 nitrogen and oxygen atoms in total. The first kappa shape index (κ1) is 17.0. The van der Waals surface area contributed by atoms with Crippen LogP contribution >= 0.6 is 0 Å². The molecule has 2 unspecified atom stereocenters. The van der Waals surface area contributed by atoms with Gasteiger partial charge in [0.1, 0.15) is 5.82 Å². The molecule has 1 fully saturated rings. The Morgan fingerprint density at radius 3 is 2.35 bits per heavy atom. The van der Waals surface area contributed by atoms with Crippen molar-refractivity contribution in [2.24, 2.45) is 5.92 Å². The minimum Gasteiger partial charge on any atom is -0.481 e. The molecule has 9 heteroatoms. The van der Waals surface area contributed by atoms with Crippen molar-refractivity contribution in [1.82, 2.24) is 4.90 Å². The van der Waals surface area contributed by atoms with Crippen molar-refractivity contribution < 1.29 is 37.4 Å². The molecule has 1 amide bonds. The number of nitrogens with zero attached hydrogens (tertiary/aromatic N) is 1. The van der Waals surface area contributed by atoms with E-state index in [-0.39, 0.29) is 24.9 Å². The van der Waals surface area contributed by atoms with Crippen LogP contribution in [-0.2, 0) is 11.0 Å². The molecule has 1 aliphatic rings. The van der Waals surface area contributed by atoms with E-state index in [9.17, 15) is 27.2 Å². The second-order valence-electron chi connectivity index (χ2n) is 5.29. The Bertz CT molecular complexity index is 632. The van der Waals surface area contributed by atoms with Crippen LogP contribution in [0.5, 0.6) is 0 Å². The first-order chi connectivity index (χ1) is 10.6. The maximum atomic E-state index is 14.1. The fourth-order valence-corrected chi connectivity index (χ4v) is 2.69. The minimum absolute atomic E-state index is 0.0698. The standard InChI is InChI=1S/C14H13F4NO4/c15-10-6-8(14(16,17)18)1-2-9(10)11-5-7(12(20)21)3-4-19(11)13(22)23/h1-2,6-7,11H,3-5H2,(H,20,21)(H,22,23). The van der Waals surface area contributed by atoms with Crippen LogP contribution < -0.4 is 0 Å². The van der Waals surface area contributed by atoms with Crippen LogP contribution in [0.4, 0.5) is 22.4 Å². The third-order valence-corrected chi connectivity index (χ3v) is 3.88. The Morgan fingerprint density at radius 2 is 1.87 bits per heavy atom. The molecule has 1 aromatic carbocycles. The lowest BCUT2D eigenvalue weighted by molar-refractivity contribution is -0.144. The number of likely N-dealkylation sites (tertiary alicyclic amines) is 1. The number of benzene rings is 1. The number of carboxylic acid groups (broad SMARTS) is 2. The van der Waals surface area contributed by atoms with Crippen LogP contribution in [0, 0.1) is 11.7 Å². The lowest BCUT2D eigenvalue weighted by Gasteiger charge is -2.36. The summed E-state index contributed by atoms with van der Waals surface area (Å²) in [6.45, 7) is -0.128. The Labute approximate surface area is 128 Å². The highest BCUT2D eigenvalue weighted by Crippen LogP contribution is 2.37. The molecule has 126 valence electrons. The molecule has 0 bridgehead atoms. The van der Waals surface area contributed by atoms with E-state index in [1.54, 1.807) is 0 Å². The van der Waals surface area contributed by atoms with Gasteiger partial charge in [-0.1, -0.05) is 6.07 Å². The SMILES string of the molecule is O=C(O)C1CCN(C(=O)O)C(c2ccc(C(F)(F)F)cc2F)C1. The second-order valence-corrected chi connectivity index (χ2v) is 5.29. The lowest BCUT2D eigenvalue weighted by Crippen LogP contribution is -2.42. The zero-order chi connectivity index (χ0) is 17.4. The van der Waals surface area contributed by atoms with E-state index in [4.69, 9.17) is 10.2 Å². The fraction of sp³-hybridized carbons (Fsp3) is 0.429. The van der Waals surface area contributed by atoms with Crippen LogP contribution in [0.1, 0.15) is 30.0 Å². The van der Waals surface area contributed by atoms with Crippen LogP contribution in [0.15, 0.2) is 18.2 Å². The number of amides is 1. The van der Waals surface area contributed by atoms with Gasteiger partial charge in [0.15, 0.2) is 0 Å². The van der Waals surface area contributed by atoms with Gasteiger partial charge in [-0.2, -0.15) is 13.2 Å². The Hall–Kier alpha value is -2.32. The van der Waals surface area contributed by atoms with Gasteiger partial charge in [0.2, 0.25) is 0 Å². The molecule has 1 aromatic rings. The number of hydrogen-bond donors (Lipinski definition) is 2. The molecule has 1 aliphatic heterocycles. The number of alkyl halides is 3. The van der Waals surface area contributed by atoms with Crippen molar-refractivity contribution in [2.45, 2.75) is 25.1 Å². The Kier molecular flexibility index (Phi) is 4.49. The maximum Gasteiger partial charge on any atom is 0.416 e. The minimum atomic E-state index is -4.72. The zero-order valence-electron chi connectivity index (χ0n) is 11.7. The van der Waals surface area contributed by atoms with Gasteiger partial charge in [-0.15, -0.1) is 0 Å². The molecule has 0 spiro atoms. The third-order valence-electron chi connectivity index (χ3n) is 3.88. The van der Waals surface area contributed by atoms with E-state index in [0.29, 0.717) is 12.1 Å². The summed E-state index contributed by atoms with van der Waals surface area (Å²) in [5.41, 5.74) is -1.45. The zero-order valence-corrected chi connectivity index (χ0v) is 11.7. The van der Waals surface area contributed by atoms with E-state index in [2.05, 4.69) is 0 Å². The number of carbonyl (C=O) groups is 2. The monoisotopic (exact) mass is 335 g/mol. The van der Waals surface area contributed by atoms with Crippen molar-refractivity contribution >= 4 is 12.1 Å². The number of piperidine rings is 1. The number of halogens is 4. The topological polar surface area (TPSA) is 77.8 Å². The highest BCUT2D eigenvalue weighted by Gasteiger charge is 2.38. The normalized spacial score (nSPS) is 22.0. The highest BCUT2D eigenvalue weighted by atomic mass is 19.4. The van der Waals surface area contributed by atoms with Crippen molar-refractivity contribution in [1.29, 1.82) is 0 Å². The summed E-state index contributed by atoms with van der Waals surface area (Å²) >= 11 is 0. The molecule has 23 heavy (non-hydrogen) atoms. The van der Waals surface area contributed by atoms with E-state index >= 15 is 0 Å². The molecule has 2 N–H and O–H groups in total. The van der Waals surface area contributed by atoms with Crippen molar-refractivity contribution in [3.8, 4) is 0 Å². The maximum absolute atomic E-state index is 14.1. The Morgan fingerprint density at radius 1 is 1.22 bits per heavy atom. The molecule has 1 saturated heterocycles. The van der Waals surface area contributed by atoms with E-state index in [1.165, 1.54) is 0 Å². The summed E-state index contributed by atoms with van der Waals surface area (Å²) in [7, 11) is 0. The van der Waals surface area contributed by atoms with Gasteiger partial charge in [0.25, 0.3) is 0 Å². The van der Waals surface area contributed by atoms with Gasteiger partial charge < -0.3 is 15.1 Å². The number of hydrogen-bond acceptors (Lipinski definition) is 2. The fourth-order valence-electron chi connectivity index (χ4n) is 2.69. The van der Waals surface area contributed by atoms with Gasteiger partial charge in [-0.25, -0.2) is 9.18 Å². The van der Waals surface area contributed by atoms with Crippen LogP contribution in [0.3, 0.4) is 0 Å². The molecular weight excluding hydrogens is 322 g/mol.